The summed E-state index contributed by atoms with van der Waals surface area (Å²) in [5.74, 6) is 0.594. The van der Waals surface area contributed by atoms with Crippen molar-refractivity contribution in [3.8, 4) is 0 Å². The molecule has 1 saturated heterocycles. The molecule has 1 heterocycles. The molecule has 1 amide bonds. The first-order valence-corrected chi connectivity index (χ1v) is 8.19. The van der Waals surface area contributed by atoms with Crippen molar-refractivity contribution in [2.24, 2.45) is 0 Å². The minimum Gasteiger partial charge on any atom is -0.334 e. The van der Waals surface area contributed by atoms with Crippen LogP contribution in [0.25, 0.3) is 0 Å². The Kier molecular flexibility index (Phi) is 5.01. The van der Waals surface area contributed by atoms with Gasteiger partial charge >= 0.3 is 0 Å². The van der Waals surface area contributed by atoms with Crippen LogP contribution in [0.1, 0.15) is 24.2 Å². The fourth-order valence-electron chi connectivity index (χ4n) is 2.22. The highest BCUT2D eigenvalue weighted by molar-refractivity contribution is 8.00. The smallest absolute Gasteiger partial charge is 0.290 e. The van der Waals surface area contributed by atoms with Gasteiger partial charge in [0.25, 0.3) is 11.6 Å². The molecule has 5 nitrogen and oxygen atoms in total. The molecule has 114 valence electrons. The molecule has 2 unspecified atom stereocenters. The molecule has 0 aromatic heterocycles. The van der Waals surface area contributed by atoms with Crippen molar-refractivity contribution >= 4 is 46.6 Å². The van der Waals surface area contributed by atoms with Crippen molar-refractivity contribution < 1.29 is 9.72 Å². The molecule has 1 aliphatic rings. The summed E-state index contributed by atoms with van der Waals surface area (Å²) in [6.45, 7) is 4.65. The number of thioether (sulfide) groups is 1. The fourth-order valence-corrected chi connectivity index (χ4v) is 3.71. The molecule has 1 fully saturated rings. The van der Waals surface area contributed by atoms with E-state index in [2.05, 4.69) is 6.92 Å². The van der Waals surface area contributed by atoms with Crippen molar-refractivity contribution in [2.45, 2.75) is 25.1 Å². The Balaban J connectivity index is 2.37. The predicted octanol–water partition coefficient (Wildman–Crippen LogP) is 3.87. The third kappa shape index (κ3) is 3.27. The van der Waals surface area contributed by atoms with Gasteiger partial charge in [-0.05, 0) is 13.0 Å². The molecule has 21 heavy (non-hydrogen) atoms. The zero-order chi connectivity index (χ0) is 15.7. The van der Waals surface area contributed by atoms with Crippen LogP contribution in [-0.4, -0.2) is 39.3 Å². The van der Waals surface area contributed by atoms with E-state index >= 15 is 0 Å². The standard InChI is InChI=1S/C13H14Cl2N2O3S/c1-7-8(2)21-4-3-16(7)13(18)9-5-10(14)12(15)11(6-9)17(19)20/h5-8H,3-4H2,1-2H3. The normalized spacial score (nSPS) is 22.2. The Bertz CT molecular complexity index is 597. The van der Waals surface area contributed by atoms with Gasteiger partial charge in [-0.15, -0.1) is 0 Å². The predicted molar refractivity (Wildman–Crippen MR) is 85.5 cm³/mol. The molecule has 0 spiro atoms. The molecule has 8 heteroatoms. The van der Waals surface area contributed by atoms with E-state index in [0.29, 0.717) is 11.8 Å². The van der Waals surface area contributed by atoms with Crippen LogP contribution in [0.2, 0.25) is 10.0 Å². The highest BCUT2D eigenvalue weighted by Crippen LogP contribution is 2.34. The third-order valence-electron chi connectivity index (χ3n) is 3.60. The van der Waals surface area contributed by atoms with Gasteiger partial charge in [0.2, 0.25) is 0 Å². The number of hydrogen-bond donors (Lipinski definition) is 0. The molecule has 1 aliphatic heterocycles. The molecule has 2 rings (SSSR count). The minimum atomic E-state index is -0.636. The Hall–Kier alpha value is -0.980. The van der Waals surface area contributed by atoms with Crippen LogP contribution < -0.4 is 0 Å². The summed E-state index contributed by atoms with van der Waals surface area (Å²) in [7, 11) is 0. The number of nitro groups is 1. The van der Waals surface area contributed by atoms with Gasteiger partial charge in [-0.25, -0.2) is 0 Å². The molecule has 1 aromatic rings. The maximum absolute atomic E-state index is 12.6. The number of nitro benzene ring substituents is 1. The van der Waals surface area contributed by atoms with E-state index < -0.39 is 4.92 Å². The first-order valence-electron chi connectivity index (χ1n) is 6.39. The second-order valence-corrected chi connectivity index (χ2v) is 7.13. The van der Waals surface area contributed by atoms with Crippen LogP contribution in [0.5, 0.6) is 0 Å². The topological polar surface area (TPSA) is 63.5 Å². The van der Waals surface area contributed by atoms with Crippen molar-refractivity contribution in [1.29, 1.82) is 0 Å². The molecular weight excluding hydrogens is 335 g/mol. The van der Waals surface area contributed by atoms with Crippen molar-refractivity contribution in [2.75, 3.05) is 12.3 Å². The lowest BCUT2D eigenvalue weighted by Gasteiger charge is -2.37. The summed E-state index contributed by atoms with van der Waals surface area (Å²) in [5, 5.41) is 11.2. The molecule has 0 aliphatic carbocycles. The van der Waals surface area contributed by atoms with Crippen LogP contribution in [0, 0.1) is 10.1 Å². The van der Waals surface area contributed by atoms with Crippen LogP contribution >= 0.6 is 35.0 Å². The fraction of sp³-hybridized carbons (Fsp3) is 0.462. The Morgan fingerprint density at radius 1 is 1.43 bits per heavy atom. The maximum Gasteiger partial charge on any atom is 0.290 e. The van der Waals surface area contributed by atoms with E-state index in [-0.39, 0.29) is 33.2 Å². The lowest BCUT2D eigenvalue weighted by atomic mass is 10.1. The number of benzene rings is 1. The lowest BCUT2D eigenvalue weighted by molar-refractivity contribution is -0.384. The van der Waals surface area contributed by atoms with Crippen LogP contribution in [0.3, 0.4) is 0 Å². The first-order chi connectivity index (χ1) is 9.82. The second kappa shape index (κ2) is 6.42. The number of amides is 1. The number of carbonyl (C=O) groups excluding carboxylic acids is 1. The summed E-state index contributed by atoms with van der Waals surface area (Å²) in [6, 6.07) is 2.64. The number of carbonyl (C=O) groups is 1. The second-order valence-electron chi connectivity index (χ2n) is 4.86. The van der Waals surface area contributed by atoms with E-state index in [0.717, 1.165) is 5.75 Å². The molecule has 0 radical (unpaired) electrons. The molecule has 0 saturated carbocycles. The zero-order valence-electron chi connectivity index (χ0n) is 11.5. The summed E-state index contributed by atoms with van der Waals surface area (Å²) in [4.78, 5) is 24.7. The molecule has 1 aromatic carbocycles. The summed E-state index contributed by atoms with van der Waals surface area (Å²) in [5.41, 5.74) is -0.151. The Morgan fingerprint density at radius 3 is 2.71 bits per heavy atom. The SMILES string of the molecule is CC1SCCN(C(=O)c2cc(Cl)c(Cl)c([N+](=O)[O-])c2)C1C. The zero-order valence-corrected chi connectivity index (χ0v) is 13.8. The van der Waals surface area contributed by atoms with E-state index in [9.17, 15) is 14.9 Å². The summed E-state index contributed by atoms with van der Waals surface area (Å²) in [6.07, 6.45) is 0. The number of hydrogen-bond acceptors (Lipinski definition) is 4. The third-order valence-corrected chi connectivity index (χ3v) is 5.73. The number of rotatable bonds is 2. The molecule has 0 bridgehead atoms. The van der Waals surface area contributed by atoms with Gasteiger partial charge in [0.1, 0.15) is 5.02 Å². The van der Waals surface area contributed by atoms with Gasteiger partial charge < -0.3 is 4.90 Å². The largest absolute Gasteiger partial charge is 0.334 e. The maximum atomic E-state index is 12.6. The minimum absolute atomic E-state index is 0.0151. The number of nitrogens with zero attached hydrogens (tertiary/aromatic N) is 2. The quantitative estimate of drug-likeness (QED) is 0.601. The Morgan fingerprint density at radius 2 is 2.10 bits per heavy atom. The van der Waals surface area contributed by atoms with Crippen molar-refractivity contribution in [3.63, 3.8) is 0 Å². The van der Waals surface area contributed by atoms with Gasteiger partial charge in [-0.3, -0.25) is 14.9 Å². The highest BCUT2D eigenvalue weighted by Gasteiger charge is 2.31. The lowest BCUT2D eigenvalue weighted by Crippen LogP contribution is -2.47. The molecule has 2 atom stereocenters. The van der Waals surface area contributed by atoms with Crippen molar-refractivity contribution in [3.05, 3.63) is 37.9 Å². The average Bonchev–Trinajstić information content (AvgIpc) is 2.43. The van der Waals surface area contributed by atoms with Gasteiger partial charge in [-0.1, -0.05) is 30.1 Å². The first kappa shape index (κ1) is 16.4. The number of halogens is 2. The average molecular weight is 349 g/mol. The van der Waals surface area contributed by atoms with Crippen LogP contribution in [0.15, 0.2) is 12.1 Å². The summed E-state index contributed by atoms with van der Waals surface area (Å²) < 4.78 is 0. The van der Waals surface area contributed by atoms with Gasteiger partial charge in [0, 0.05) is 35.2 Å². The van der Waals surface area contributed by atoms with E-state index in [4.69, 9.17) is 23.2 Å². The monoisotopic (exact) mass is 348 g/mol. The summed E-state index contributed by atoms with van der Waals surface area (Å²) >= 11 is 13.5. The van der Waals surface area contributed by atoms with Gasteiger partial charge in [0.05, 0.1) is 9.95 Å². The van der Waals surface area contributed by atoms with Crippen LogP contribution in [-0.2, 0) is 0 Å². The van der Waals surface area contributed by atoms with Crippen molar-refractivity contribution in [1.82, 2.24) is 4.90 Å². The van der Waals surface area contributed by atoms with Crippen LogP contribution in [0.4, 0.5) is 5.69 Å². The van der Waals surface area contributed by atoms with E-state index in [1.165, 1.54) is 12.1 Å². The molecule has 0 N–H and O–H groups in total. The van der Waals surface area contributed by atoms with Gasteiger partial charge in [0.15, 0.2) is 0 Å². The Labute approximate surface area is 136 Å². The highest BCUT2D eigenvalue weighted by atomic mass is 35.5. The molecular formula is C13H14Cl2N2O3S. The van der Waals surface area contributed by atoms with E-state index in [1.54, 1.807) is 16.7 Å². The van der Waals surface area contributed by atoms with E-state index in [1.807, 2.05) is 6.92 Å². The van der Waals surface area contributed by atoms with Gasteiger partial charge in [-0.2, -0.15) is 11.8 Å².